The van der Waals surface area contributed by atoms with Gasteiger partial charge in [0, 0.05) is 0 Å². The molecule has 0 aliphatic rings. The van der Waals surface area contributed by atoms with Crippen LogP contribution in [-0.4, -0.2) is 4.98 Å². The Hall–Kier alpha value is -0.600. The van der Waals surface area contributed by atoms with Crippen molar-refractivity contribution in [1.29, 1.82) is 0 Å². The van der Waals surface area contributed by atoms with Crippen molar-refractivity contribution in [2.45, 2.75) is 26.7 Å². The molecule has 0 aliphatic heterocycles. The van der Waals surface area contributed by atoms with E-state index in [0.717, 1.165) is 15.5 Å². The lowest BCUT2D eigenvalue weighted by atomic mass is 10.0. The Morgan fingerprint density at radius 3 is 2.71 bits per heavy atom. The molecule has 1 aromatic heterocycles. The normalized spacial score (nSPS) is 11.5. The second kappa shape index (κ2) is 3.52. The number of hydrogen-bond donors (Lipinski definition) is 0. The highest BCUT2D eigenvalue weighted by Gasteiger charge is 2.11. The molecule has 0 spiro atoms. The standard InChI is InChI=1S/C11H12ClNS/c1-6(2)8-4-5-9-11(10(8)12)13-7(3)14-9/h4-6H,1-3H3. The first-order valence-corrected chi connectivity index (χ1v) is 5.84. The summed E-state index contributed by atoms with van der Waals surface area (Å²) >= 11 is 7.99. The van der Waals surface area contributed by atoms with Gasteiger partial charge in [0.15, 0.2) is 0 Å². The van der Waals surface area contributed by atoms with E-state index < -0.39 is 0 Å². The third kappa shape index (κ3) is 1.53. The lowest BCUT2D eigenvalue weighted by Gasteiger charge is -2.07. The number of hydrogen-bond acceptors (Lipinski definition) is 2. The van der Waals surface area contributed by atoms with Gasteiger partial charge in [-0.05, 0) is 24.5 Å². The van der Waals surface area contributed by atoms with E-state index >= 15 is 0 Å². The predicted octanol–water partition coefficient (Wildman–Crippen LogP) is 4.38. The second-order valence-corrected chi connectivity index (χ2v) is 5.32. The predicted molar refractivity (Wildman–Crippen MR) is 63.5 cm³/mol. The van der Waals surface area contributed by atoms with E-state index in [2.05, 4.69) is 31.0 Å². The van der Waals surface area contributed by atoms with E-state index in [1.165, 1.54) is 10.3 Å². The number of rotatable bonds is 1. The maximum atomic E-state index is 6.29. The summed E-state index contributed by atoms with van der Waals surface area (Å²) < 4.78 is 1.18. The van der Waals surface area contributed by atoms with Gasteiger partial charge < -0.3 is 0 Å². The van der Waals surface area contributed by atoms with Gasteiger partial charge in [-0.15, -0.1) is 11.3 Å². The molecule has 0 saturated carbocycles. The lowest BCUT2D eigenvalue weighted by Crippen LogP contribution is -1.88. The Bertz CT molecular complexity index is 473. The maximum Gasteiger partial charge on any atom is 0.100 e. The van der Waals surface area contributed by atoms with Crippen LogP contribution in [0.25, 0.3) is 10.2 Å². The monoisotopic (exact) mass is 225 g/mol. The molecule has 0 N–H and O–H groups in total. The third-order valence-corrected chi connectivity index (χ3v) is 3.59. The minimum absolute atomic E-state index is 0.453. The van der Waals surface area contributed by atoms with Crippen molar-refractivity contribution in [3.05, 3.63) is 27.7 Å². The topological polar surface area (TPSA) is 12.9 Å². The van der Waals surface area contributed by atoms with Gasteiger partial charge in [0.25, 0.3) is 0 Å². The summed E-state index contributed by atoms with van der Waals surface area (Å²) in [6.45, 7) is 6.30. The molecule has 1 nitrogen and oxygen atoms in total. The van der Waals surface area contributed by atoms with Crippen LogP contribution >= 0.6 is 22.9 Å². The fourth-order valence-electron chi connectivity index (χ4n) is 1.53. The molecule has 2 rings (SSSR count). The molecule has 0 atom stereocenters. The largest absolute Gasteiger partial charge is 0.240 e. The number of nitrogens with zero attached hydrogens (tertiary/aromatic N) is 1. The molecule has 0 radical (unpaired) electrons. The summed E-state index contributed by atoms with van der Waals surface area (Å²) in [7, 11) is 0. The van der Waals surface area contributed by atoms with Crippen molar-refractivity contribution >= 4 is 33.2 Å². The highest BCUT2D eigenvalue weighted by atomic mass is 35.5. The Balaban J connectivity index is 2.74. The molecular weight excluding hydrogens is 214 g/mol. The molecule has 0 saturated heterocycles. The van der Waals surface area contributed by atoms with E-state index in [0.29, 0.717) is 5.92 Å². The van der Waals surface area contributed by atoms with Crippen LogP contribution in [0, 0.1) is 6.92 Å². The third-order valence-electron chi connectivity index (χ3n) is 2.26. The zero-order valence-corrected chi connectivity index (χ0v) is 10.0. The van der Waals surface area contributed by atoms with Crippen LogP contribution in [0.2, 0.25) is 5.02 Å². The van der Waals surface area contributed by atoms with Gasteiger partial charge in [-0.1, -0.05) is 31.5 Å². The van der Waals surface area contributed by atoms with Gasteiger partial charge in [-0.25, -0.2) is 4.98 Å². The molecule has 2 aromatic rings. The maximum absolute atomic E-state index is 6.29. The van der Waals surface area contributed by atoms with E-state index in [1.807, 2.05) is 6.92 Å². The van der Waals surface area contributed by atoms with E-state index in [-0.39, 0.29) is 0 Å². The van der Waals surface area contributed by atoms with Gasteiger partial charge in [0.2, 0.25) is 0 Å². The molecule has 0 unspecified atom stereocenters. The summed E-state index contributed by atoms with van der Waals surface area (Å²) in [4.78, 5) is 4.44. The number of thiazole rings is 1. The van der Waals surface area contributed by atoms with Crippen molar-refractivity contribution in [2.24, 2.45) is 0 Å². The zero-order valence-electron chi connectivity index (χ0n) is 8.47. The molecule has 74 valence electrons. The molecule has 14 heavy (non-hydrogen) atoms. The van der Waals surface area contributed by atoms with E-state index in [1.54, 1.807) is 11.3 Å². The summed E-state index contributed by atoms with van der Waals surface area (Å²) in [6, 6.07) is 4.22. The SMILES string of the molecule is Cc1nc2c(Cl)c(C(C)C)ccc2s1. The smallest absolute Gasteiger partial charge is 0.100 e. The lowest BCUT2D eigenvalue weighted by molar-refractivity contribution is 0.868. The number of benzene rings is 1. The molecule has 0 amide bonds. The van der Waals surface area contributed by atoms with Gasteiger partial charge in [0.05, 0.1) is 14.7 Å². The van der Waals surface area contributed by atoms with Gasteiger partial charge in [0.1, 0.15) is 5.52 Å². The second-order valence-electron chi connectivity index (χ2n) is 3.70. The summed E-state index contributed by atoms with van der Waals surface area (Å²) in [5.74, 6) is 0.453. The number of fused-ring (bicyclic) bond motifs is 1. The van der Waals surface area contributed by atoms with Gasteiger partial charge >= 0.3 is 0 Å². The zero-order chi connectivity index (χ0) is 10.3. The summed E-state index contributed by atoms with van der Waals surface area (Å²) in [5.41, 5.74) is 2.14. The Kier molecular flexibility index (Phi) is 2.50. The van der Waals surface area contributed by atoms with Gasteiger partial charge in [-0.3, -0.25) is 0 Å². The molecule has 1 aromatic carbocycles. The molecular formula is C11H12ClNS. The van der Waals surface area contributed by atoms with Crippen LogP contribution in [0.15, 0.2) is 12.1 Å². The summed E-state index contributed by atoms with van der Waals surface area (Å²) in [6.07, 6.45) is 0. The molecule has 3 heteroatoms. The first-order chi connectivity index (χ1) is 6.59. The average molecular weight is 226 g/mol. The van der Waals surface area contributed by atoms with E-state index in [9.17, 15) is 0 Å². The van der Waals surface area contributed by atoms with Crippen LogP contribution in [-0.2, 0) is 0 Å². The first kappa shape index (κ1) is 9.94. The first-order valence-electron chi connectivity index (χ1n) is 4.65. The van der Waals surface area contributed by atoms with Crippen LogP contribution < -0.4 is 0 Å². The highest BCUT2D eigenvalue weighted by molar-refractivity contribution is 7.18. The molecule has 0 bridgehead atoms. The van der Waals surface area contributed by atoms with Crippen molar-refractivity contribution < 1.29 is 0 Å². The Labute approximate surface area is 92.7 Å². The number of aromatic nitrogens is 1. The average Bonchev–Trinajstić information content (AvgIpc) is 2.46. The fraction of sp³-hybridized carbons (Fsp3) is 0.364. The van der Waals surface area contributed by atoms with Crippen molar-refractivity contribution in [1.82, 2.24) is 4.98 Å². The van der Waals surface area contributed by atoms with Crippen molar-refractivity contribution in [2.75, 3.05) is 0 Å². The fourth-order valence-corrected chi connectivity index (χ4v) is 2.85. The van der Waals surface area contributed by atoms with Crippen molar-refractivity contribution in [3.8, 4) is 0 Å². The summed E-state index contributed by atoms with van der Waals surface area (Å²) in [5, 5.41) is 1.89. The molecule has 0 aliphatic carbocycles. The minimum Gasteiger partial charge on any atom is -0.240 e. The van der Waals surface area contributed by atoms with Crippen LogP contribution in [0.3, 0.4) is 0 Å². The molecule has 1 heterocycles. The minimum atomic E-state index is 0.453. The van der Waals surface area contributed by atoms with Crippen LogP contribution in [0.1, 0.15) is 30.3 Å². The van der Waals surface area contributed by atoms with E-state index in [4.69, 9.17) is 11.6 Å². The Morgan fingerprint density at radius 1 is 1.36 bits per heavy atom. The molecule has 0 fully saturated rings. The quantitative estimate of drug-likeness (QED) is 0.702. The van der Waals surface area contributed by atoms with Crippen LogP contribution in [0.5, 0.6) is 0 Å². The van der Waals surface area contributed by atoms with Gasteiger partial charge in [-0.2, -0.15) is 0 Å². The number of aryl methyl sites for hydroxylation is 1. The Morgan fingerprint density at radius 2 is 2.07 bits per heavy atom. The van der Waals surface area contributed by atoms with Crippen molar-refractivity contribution in [3.63, 3.8) is 0 Å². The number of halogens is 1. The van der Waals surface area contributed by atoms with Crippen LogP contribution in [0.4, 0.5) is 0 Å². The highest BCUT2D eigenvalue weighted by Crippen LogP contribution is 2.33.